The summed E-state index contributed by atoms with van der Waals surface area (Å²) in [5, 5.41) is 5.99. The third kappa shape index (κ3) is 3.93. The van der Waals surface area contributed by atoms with Crippen LogP contribution >= 0.6 is 11.3 Å². The Hall–Kier alpha value is -1.63. The van der Waals surface area contributed by atoms with Crippen molar-refractivity contribution in [1.29, 1.82) is 0 Å². The van der Waals surface area contributed by atoms with E-state index in [2.05, 4.69) is 20.2 Å². The van der Waals surface area contributed by atoms with E-state index in [1.54, 1.807) is 12.3 Å². The van der Waals surface area contributed by atoms with Gasteiger partial charge in [-0.1, -0.05) is 0 Å². The highest BCUT2D eigenvalue weighted by atomic mass is 32.1. The third-order valence-corrected chi connectivity index (χ3v) is 3.84. The topological polar surface area (TPSA) is 66.8 Å². The Balaban J connectivity index is 1.80. The van der Waals surface area contributed by atoms with Gasteiger partial charge >= 0.3 is 5.97 Å². The van der Waals surface area contributed by atoms with E-state index >= 15 is 0 Å². The molecule has 0 saturated heterocycles. The Morgan fingerprint density at radius 2 is 2.45 bits per heavy atom. The number of carbonyl (C=O) groups is 1. The number of carbonyl (C=O) groups excluding carboxylic acids is 1. The normalized spacial score (nSPS) is 14.9. The maximum absolute atomic E-state index is 11.5. The Morgan fingerprint density at radius 3 is 3.20 bits per heavy atom. The van der Waals surface area contributed by atoms with Crippen LogP contribution in [0.25, 0.3) is 0 Å². The quantitative estimate of drug-likeness (QED) is 0.826. The van der Waals surface area contributed by atoms with E-state index in [1.165, 1.54) is 11.3 Å². The molecule has 0 saturated carbocycles. The third-order valence-electron chi connectivity index (χ3n) is 2.93. The lowest BCUT2D eigenvalue weighted by molar-refractivity contribution is 0.0520. The number of nitrogens with zero attached hydrogens (tertiary/aromatic N) is 3. The lowest BCUT2D eigenvalue weighted by Gasteiger charge is -2.25. The lowest BCUT2D eigenvalue weighted by Crippen LogP contribution is -2.42. The average molecular weight is 296 g/mol. The van der Waals surface area contributed by atoms with Crippen LogP contribution in [-0.4, -0.2) is 55.1 Å². The summed E-state index contributed by atoms with van der Waals surface area (Å²) >= 11 is 1.49. The molecule has 0 amide bonds. The molecule has 0 aliphatic carbocycles. The van der Waals surface area contributed by atoms with Crippen molar-refractivity contribution in [2.24, 2.45) is 4.99 Å². The molecular weight excluding hydrogens is 276 g/mol. The van der Waals surface area contributed by atoms with E-state index in [0.29, 0.717) is 12.3 Å². The van der Waals surface area contributed by atoms with Crippen molar-refractivity contribution in [3.8, 4) is 0 Å². The molecule has 2 heterocycles. The molecule has 1 N–H and O–H groups in total. The second-order valence-corrected chi connectivity index (χ2v) is 5.45. The molecule has 7 heteroatoms. The smallest absolute Gasteiger partial charge is 0.357 e. The van der Waals surface area contributed by atoms with Crippen molar-refractivity contribution in [1.82, 2.24) is 15.2 Å². The van der Waals surface area contributed by atoms with Crippen LogP contribution in [0.1, 0.15) is 28.8 Å². The fourth-order valence-electron chi connectivity index (χ4n) is 1.92. The molecule has 110 valence electrons. The zero-order valence-corrected chi connectivity index (χ0v) is 12.7. The summed E-state index contributed by atoms with van der Waals surface area (Å²) in [5.41, 5.74) is 0.402. The number of ether oxygens (including phenoxy) is 1. The standard InChI is InChI=1S/C13H20N4O2S/c1-3-19-12(18)10-9-20-11(16-10)5-7-15-13-14-6-4-8-17(13)2/h9H,3-8H2,1-2H3,(H,14,15). The molecule has 20 heavy (non-hydrogen) atoms. The van der Waals surface area contributed by atoms with E-state index in [4.69, 9.17) is 4.74 Å². The second-order valence-electron chi connectivity index (χ2n) is 4.50. The van der Waals surface area contributed by atoms with Crippen LogP contribution in [0.3, 0.4) is 0 Å². The highest BCUT2D eigenvalue weighted by Crippen LogP contribution is 2.11. The van der Waals surface area contributed by atoms with Crippen LogP contribution in [0.15, 0.2) is 10.4 Å². The van der Waals surface area contributed by atoms with Gasteiger partial charge in [0.15, 0.2) is 11.7 Å². The predicted octanol–water partition coefficient (Wildman–Crippen LogP) is 1.14. The van der Waals surface area contributed by atoms with Gasteiger partial charge in [-0.05, 0) is 13.3 Å². The van der Waals surface area contributed by atoms with Gasteiger partial charge in [0.25, 0.3) is 0 Å². The number of guanidine groups is 1. The van der Waals surface area contributed by atoms with Crippen LogP contribution in [0.5, 0.6) is 0 Å². The fourth-order valence-corrected chi connectivity index (χ4v) is 2.68. The molecule has 1 aliphatic rings. The first-order chi connectivity index (χ1) is 9.70. The number of nitrogens with one attached hydrogen (secondary N) is 1. The Bertz CT molecular complexity index is 486. The maximum atomic E-state index is 11.5. The molecule has 0 spiro atoms. The number of thiazole rings is 1. The molecule has 0 atom stereocenters. The molecule has 1 aromatic rings. The van der Waals surface area contributed by atoms with Gasteiger partial charge in [0.2, 0.25) is 0 Å². The number of rotatable bonds is 5. The van der Waals surface area contributed by atoms with E-state index < -0.39 is 0 Å². The summed E-state index contributed by atoms with van der Waals surface area (Å²) in [4.78, 5) is 22.3. The highest BCUT2D eigenvalue weighted by Gasteiger charge is 2.13. The van der Waals surface area contributed by atoms with Gasteiger partial charge in [-0.3, -0.25) is 4.99 Å². The molecule has 2 rings (SSSR count). The fraction of sp³-hybridized carbons (Fsp3) is 0.615. The van der Waals surface area contributed by atoms with E-state index in [0.717, 1.165) is 43.4 Å². The van der Waals surface area contributed by atoms with Gasteiger partial charge < -0.3 is 15.0 Å². The van der Waals surface area contributed by atoms with Gasteiger partial charge in [-0.15, -0.1) is 11.3 Å². The first-order valence-electron chi connectivity index (χ1n) is 6.81. The van der Waals surface area contributed by atoms with Crippen LogP contribution in [0.2, 0.25) is 0 Å². The Morgan fingerprint density at radius 1 is 1.60 bits per heavy atom. The van der Waals surface area contributed by atoms with E-state index in [1.807, 2.05) is 7.05 Å². The molecular formula is C13H20N4O2S. The summed E-state index contributed by atoms with van der Waals surface area (Å²) in [7, 11) is 2.03. The summed E-state index contributed by atoms with van der Waals surface area (Å²) in [6, 6.07) is 0. The summed E-state index contributed by atoms with van der Waals surface area (Å²) in [6.45, 7) is 4.85. The van der Waals surface area contributed by atoms with Gasteiger partial charge in [0, 0.05) is 38.5 Å². The Kier molecular flexibility index (Phi) is 5.34. The number of hydrogen-bond donors (Lipinski definition) is 1. The minimum Gasteiger partial charge on any atom is -0.461 e. The number of aromatic nitrogens is 1. The Labute approximate surface area is 122 Å². The first-order valence-corrected chi connectivity index (χ1v) is 7.69. The SMILES string of the molecule is CCOC(=O)c1csc(CCNC2=NCCCN2C)n1. The molecule has 6 nitrogen and oxygen atoms in total. The zero-order chi connectivity index (χ0) is 14.4. The van der Waals surface area contributed by atoms with Crippen LogP contribution in [0, 0.1) is 0 Å². The first kappa shape index (κ1) is 14.8. The van der Waals surface area contributed by atoms with Crippen LogP contribution in [0.4, 0.5) is 0 Å². The molecule has 1 aliphatic heterocycles. The lowest BCUT2D eigenvalue weighted by atomic mass is 10.3. The van der Waals surface area contributed by atoms with Gasteiger partial charge in [0.05, 0.1) is 11.6 Å². The van der Waals surface area contributed by atoms with Crippen molar-refractivity contribution in [2.75, 3.05) is 33.3 Å². The zero-order valence-electron chi connectivity index (χ0n) is 11.9. The van der Waals surface area contributed by atoms with Crippen LogP contribution < -0.4 is 5.32 Å². The molecule has 1 aromatic heterocycles. The minimum absolute atomic E-state index is 0.348. The van der Waals surface area contributed by atoms with E-state index in [-0.39, 0.29) is 5.97 Å². The van der Waals surface area contributed by atoms with Crippen molar-refractivity contribution < 1.29 is 9.53 Å². The summed E-state index contributed by atoms with van der Waals surface area (Å²) < 4.78 is 4.92. The van der Waals surface area contributed by atoms with Crippen LogP contribution in [-0.2, 0) is 11.2 Å². The van der Waals surface area contributed by atoms with E-state index in [9.17, 15) is 4.79 Å². The molecule has 0 aromatic carbocycles. The summed E-state index contributed by atoms with van der Waals surface area (Å²) in [5.74, 6) is 0.595. The summed E-state index contributed by atoms with van der Waals surface area (Å²) in [6.07, 6.45) is 1.88. The second kappa shape index (κ2) is 7.23. The van der Waals surface area contributed by atoms with Crippen molar-refractivity contribution in [3.63, 3.8) is 0 Å². The number of aliphatic imine (C=N–C) groups is 1. The van der Waals surface area contributed by atoms with Gasteiger partial charge in [-0.2, -0.15) is 0 Å². The van der Waals surface area contributed by atoms with Crippen molar-refractivity contribution >= 4 is 23.3 Å². The molecule has 0 fully saturated rings. The molecule has 0 unspecified atom stereocenters. The monoisotopic (exact) mass is 296 g/mol. The molecule has 0 bridgehead atoms. The predicted molar refractivity (Wildman–Crippen MR) is 79.3 cm³/mol. The van der Waals surface area contributed by atoms with Gasteiger partial charge in [-0.25, -0.2) is 9.78 Å². The highest BCUT2D eigenvalue weighted by molar-refractivity contribution is 7.09. The average Bonchev–Trinajstić information content (AvgIpc) is 2.90. The maximum Gasteiger partial charge on any atom is 0.357 e. The number of hydrogen-bond acceptors (Lipinski definition) is 7. The van der Waals surface area contributed by atoms with Gasteiger partial charge in [0.1, 0.15) is 0 Å². The van der Waals surface area contributed by atoms with Crippen molar-refractivity contribution in [3.05, 3.63) is 16.1 Å². The molecule has 0 radical (unpaired) electrons. The van der Waals surface area contributed by atoms with Crippen molar-refractivity contribution in [2.45, 2.75) is 19.8 Å². The number of esters is 1. The largest absolute Gasteiger partial charge is 0.461 e. The minimum atomic E-state index is -0.348.